The first kappa shape index (κ1) is 8.91. The number of aromatic hydroxyl groups is 1. The summed E-state index contributed by atoms with van der Waals surface area (Å²) in [7, 11) is 0. The van der Waals surface area contributed by atoms with E-state index in [1.165, 1.54) is 0 Å². The van der Waals surface area contributed by atoms with Crippen molar-refractivity contribution < 1.29 is 9.84 Å². The lowest BCUT2D eigenvalue weighted by atomic mass is 10.3. The van der Waals surface area contributed by atoms with Gasteiger partial charge in [-0.15, -0.1) is 0 Å². The molecular weight excluding hydrogens is 152 g/mol. The second-order valence-corrected chi connectivity index (χ2v) is 2.83. The molecule has 0 heterocycles. The third-order valence-corrected chi connectivity index (χ3v) is 1.73. The molecule has 1 aromatic rings. The highest BCUT2D eigenvalue weighted by molar-refractivity contribution is 5.31. The van der Waals surface area contributed by atoms with Crippen LogP contribution in [-0.2, 0) is 0 Å². The average Bonchev–Trinajstić information content (AvgIpc) is 2.04. The van der Waals surface area contributed by atoms with E-state index < -0.39 is 0 Å². The summed E-state index contributed by atoms with van der Waals surface area (Å²) in [4.78, 5) is 0. The second-order valence-electron chi connectivity index (χ2n) is 2.83. The van der Waals surface area contributed by atoms with Gasteiger partial charge in [-0.05, 0) is 25.5 Å². The molecule has 0 aliphatic heterocycles. The molecule has 0 saturated carbocycles. The molecule has 0 amide bonds. The van der Waals surface area contributed by atoms with E-state index in [4.69, 9.17) is 9.84 Å². The molecule has 0 spiro atoms. The molecule has 1 atom stereocenters. The van der Waals surface area contributed by atoms with Crippen molar-refractivity contribution >= 4 is 0 Å². The van der Waals surface area contributed by atoms with Crippen LogP contribution in [0, 0.1) is 0 Å². The van der Waals surface area contributed by atoms with Gasteiger partial charge in [0, 0.05) is 6.07 Å². The van der Waals surface area contributed by atoms with Gasteiger partial charge >= 0.3 is 0 Å². The van der Waals surface area contributed by atoms with Crippen molar-refractivity contribution in [1.82, 2.24) is 0 Å². The van der Waals surface area contributed by atoms with Crippen molar-refractivity contribution in [3.63, 3.8) is 0 Å². The van der Waals surface area contributed by atoms with E-state index in [1.54, 1.807) is 18.2 Å². The maximum atomic E-state index is 9.12. The van der Waals surface area contributed by atoms with Crippen LogP contribution in [0.1, 0.15) is 20.3 Å². The molecule has 1 N–H and O–H groups in total. The fraction of sp³-hybridized carbons (Fsp3) is 0.400. The standard InChI is InChI=1S/C10H14O2/c1-3-8(2)12-10-6-4-5-9(11)7-10/h4-8,11H,3H2,1-2H3. The quantitative estimate of drug-likeness (QED) is 0.747. The van der Waals surface area contributed by atoms with Crippen LogP contribution >= 0.6 is 0 Å². The zero-order chi connectivity index (χ0) is 8.97. The van der Waals surface area contributed by atoms with Crippen molar-refractivity contribution in [3.05, 3.63) is 24.3 Å². The number of rotatable bonds is 3. The van der Waals surface area contributed by atoms with Gasteiger partial charge in [0.25, 0.3) is 0 Å². The minimum atomic E-state index is 0.201. The van der Waals surface area contributed by atoms with Gasteiger partial charge in [0.2, 0.25) is 0 Å². The Morgan fingerprint density at radius 3 is 2.83 bits per heavy atom. The van der Waals surface area contributed by atoms with E-state index in [1.807, 2.05) is 13.0 Å². The highest BCUT2D eigenvalue weighted by atomic mass is 16.5. The highest BCUT2D eigenvalue weighted by Crippen LogP contribution is 2.19. The van der Waals surface area contributed by atoms with Gasteiger partial charge in [-0.1, -0.05) is 13.0 Å². The lowest BCUT2D eigenvalue weighted by Gasteiger charge is -2.11. The van der Waals surface area contributed by atoms with Gasteiger partial charge in [0.15, 0.2) is 0 Å². The van der Waals surface area contributed by atoms with Crippen LogP contribution < -0.4 is 4.74 Å². The number of benzene rings is 1. The molecule has 0 aliphatic rings. The van der Waals surface area contributed by atoms with E-state index in [2.05, 4.69) is 6.92 Å². The van der Waals surface area contributed by atoms with Gasteiger partial charge in [0.1, 0.15) is 11.5 Å². The van der Waals surface area contributed by atoms with Crippen LogP contribution in [0.25, 0.3) is 0 Å². The van der Waals surface area contributed by atoms with Crippen LogP contribution in [0.3, 0.4) is 0 Å². The molecule has 0 radical (unpaired) electrons. The number of ether oxygens (including phenoxy) is 1. The summed E-state index contributed by atoms with van der Waals surface area (Å²) in [5.41, 5.74) is 0. The lowest BCUT2D eigenvalue weighted by molar-refractivity contribution is 0.216. The minimum Gasteiger partial charge on any atom is -0.508 e. The monoisotopic (exact) mass is 166 g/mol. The van der Waals surface area contributed by atoms with E-state index in [9.17, 15) is 0 Å². The third kappa shape index (κ3) is 2.46. The average molecular weight is 166 g/mol. The van der Waals surface area contributed by atoms with Crippen LogP contribution in [0.4, 0.5) is 0 Å². The number of phenols is 1. The summed E-state index contributed by atoms with van der Waals surface area (Å²) in [5.74, 6) is 0.972. The Labute approximate surface area is 72.8 Å². The van der Waals surface area contributed by atoms with Crippen LogP contribution in [0.15, 0.2) is 24.3 Å². The first-order valence-electron chi connectivity index (χ1n) is 4.18. The number of phenolic OH excluding ortho intramolecular Hbond substituents is 1. The zero-order valence-electron chi connectivity index (χ0n) is 7.45. The molecule has 2 nitrogen and oxygen atoms in total. The first-order chi connectivity index (χ1) is 5.72. The molecule has 66 valence electrons. The van der Waals surface area contributed by atoms with Crippen molar-refractivity contribution in [2.75, 3.05) is 0 Å². The van der Waals surface area contributed by atoms with Crippen LogP contribution in [0.2, 0.25) is 0 Å². The summed E-state index contributed by atoms with van der Waals surface area (Å²) < 4.78 is 5.48. The fourth-order valence-electron chi connectivity index (χ4n) is 0.872. The van der Waals surface area contributed by atoms with Gasteiger partial charge in [-0.2, -0.15) is 0 Å². The van der Waals surface area contributed by atoms with Crippen molar-refractivity contribution in [3.8, 4) is 11.5 Å². The maximum absolute atomic E-state index is 9.12. The minimum absolute atomic E-state index is 0.201. The highest BCUT2D eigenvalue weighted by Gasteiger charge is 2.00. The summed E-state index contributed by atoms with van der Waals surface area (Å²) in [6, 6.07) is 6.86. The van der Waals surface area contributed by atoms with Crippen LogP contribution in [0.5, 0.6) is 11.5 Å². The van der Waals surface area contributed by atoms with Gasteiger partial charge < -0.3 is 9.84 Å². The van der Waals surface area contributed by atoms with E-state index in [-0.39, 0.29) is 11.9 Å². The smallest absolute Gasteiger partial charge is 0.123 e. The summed E-state index contributed by atoms with van der Waals surface area (Å²) in [6.07, 6.45) is 1.17. The maximum Gasteiger partial charge on any atom is 0.123 e. The zero-order valence-corrected chi connectivity index (χ0v) is 7.45. The van der Waals surface area contributed by atoms with Gasteiger partial charge in [-0.3, -0.25) is 0 Å². The molecule has 0 aliphatic carbocycles. The van der Waals surface area contributed by atoms with E-state index in [0.29, 0.717) is 0 Å². The van der Waals surface area contributed by atoms with Gasteiger partial charge in [-0.25, -0.2) is 0 Å². The van der Waals surface area contributed by atoms with Crippen LogP contribution in [-0.4, -0.2) is 11.2 Å². The molecular formula is C10H14O2. The molecule has 2 heteroatoms. The number of hydrogen-bond acceptors (Lipinski definition) is 2. The Hall–Kier alpha value is -1.18. The largest absolute Gasteiger partial charge is 0.508 e. The molecule has 12 heavy (non-hydrogen) atoms. The Morgan fingerprint density at radius 1 is 1.50 bits per heavy atom. The van der Waals surface area contributed by atoms with Crippen molar-refractivity contribution in [2.45, 2.75) is 26.4 Å². The molecule has 1 rings (SSSR count). The Kier molecular flexibility index (Phi) is 2.97. The molecule has 1 unspecified atom stereocenters. The Balaban J connectivity index is 2.63. The van der Waals surface area contributed by atoms with Crippen molar-refractivity contribution in [1.29, 1.82) is 0 Å². The Bertz CT molecular complexity index is 245. The molecule has 0 fully saturated rings. The predicted molar refractivity (Wildman–Crippen MR) is 48.5 cm³/mol. The lowest BCUT2D eigenvalue weighted by Crippen LogP contribution is -2.09. The number of hydrogen-bond donors (Lipinski definition) is 1. The first-order valence-corrected chi connectivity index (χ1v) is 4.18. The van der Waals surface area contributed by atoms with Gasteiger partial charge in [0.05, 0.1) is 6.10 Å². The Morgan fingerprint density at radius 2 is 2.25 bits per heavy atom. The molecule has 0 aromatic heterocycles. The predicted octanol–water partition coefficient (Wildman–Crippen LogP) is 2.57. The molecule has 0 bridgehead atoms. The normalized spacial score (nSPS) is 12.5. The molecule has 0 saturated heterocycles. The van der Waals surface area contributed by atoms with E-state index >= 15 is 0 Å². The van der Waals surface area contributed by atoms with E-state index in [0.717, 1.165) is 12.2 Å². The van der Waals surface area contributed by atoms with Crippen molar-refractivity contribution in [2.24, 2.45) is 0 Å². The fourth-order valence-corrected chi connectivity index (χ4v) is 0.872. The molecule has 1 aromatic carbocycles. The SMILES string of the molecule is CCC(C)Oc1cccc(O)c1. The second kappa shape index (κ2) is 4.00. The summed E-state index contributed by atoms with van der Waals surface area (Å²) in [6.45, 7) is 4.07. The summed E-state index contributed by atoms with van der Waals surface area (Å²) in [5, 5.41) is 9.12. The third-order valence-electron chi connectivity index (χ3n) is 1.73. The summed E-state index contributed by atoms with van der Waals surface area (Å²) >= 11 is 0. The topological polar surface area (TPSA) is 29.5 Å².